The van der Waals surface area contributed by atoms with Gasteiger partial charge >= 0.3 is 0 Å². The van der Waals surface area contributed by atoms with Crippen LogP contribution in [0.2, 0.25) is 0 Å². The highest BCUT2D eigenvalue weighted by Gasteiger charge is 2.17. The van der Waals surface area contributed by atoms with Crippen molar-refractivity contribution in [3.63, 3.8) is 0 Å². The summed E-state index contributed by atoms with van der Waals surface area (Å²) in [5.74, 6) is 6.17. The van der Waals surface area contributed by atoms with Crippen LogP contribution < -0.4 is 11.3 Å². The predicted molar refractivity (Wildman–Crippen MR) is 76.4 cm³/mol. The van der Waals surface area contributed by atoms with Crippen LogP contribution in [0.15, 0.2) is 29.2 Å². The SMILES string of the molecule is NNC(CCC1CCCO1)CSc1ccccc1F. The van der Waals surface area contributed by atoms with E-state index in [1.807, 2.05) is 6.07 Å². The van der Waals surface area contributed by atoms with Gasteiger partial charge in [0.1, 0.15) is 5.82 Å². The summed E-state index contributed by atoms with van der Waals surface area (Å²) in [5.41, 5.74) is 2.82. The number of rotatable bonds is 7. The molecule has 2 atom stereocenters. The topological polar surface area (TPSA) is 47.3 Å². The Bertz CT molecular complexity index is 385. The van der Waals surface area contributed by atoms with E-state index in [1.165, 1.54) is 17.8 Å². The largest absolute Gasteiger partial charge is 0.378 e. The van der Waals surface area contributed by atoms with Crippen molar-refractivity contribution in [1.82, 2.24) is 5.43 Å². The van der Waals surface area contributed by atoms with Crippen molar-refractivity contribution >= 4 is 11.8 Å². The van der Waals surface area contributed by atoms with Gasteiger partial charge in [-0.25, -0.2) is 4.39 Å². The predicted octanol–water partition coefficient (Wildman–Crippen LogP) is 2.71. The highest BCUT2D eigenvalue weighted by Crippen LogP contribution is 2.24. The minimum absolute atomic E-state index is 0.164. The monoisotopic (exact) mass is 284 g/mol. The zero-order chi connectivity index (χ0) is 13.5. The van der Waals surface area contributed by atoms with Crippen molar-refractivity contribution in [3.05, 3.63) is 30.1 Å². The van der Waals surface area contributed by atoms with E-state index in [0.717, 1.165) is 38.0 Å². The fourth-order valence-corrected chi connectivity index (χ4v) is 3.25. The summed E-state index contributed by atoms with van der Waals surface area (Å²) in [5, 5.41) is 0. The third-order valence-electron chi connectivity index (χ3n) is 3.37. The molecule has 0 aromatic heterocycles. The molecule has 3 N–H and O–H groups in total. The van der Waals surface area contributed by atoms with Gasteiger partial charge in [-0.05, 0) is 37.8 Å². The Morgan fingerprint density at radius 3 is 3.00 bits per heavy atom. The summed E-state index contributed by atoms with van der Waals surface area (Å²) in [7, 11) is 0. The van der Waals surface area contributed by atoms with Crippen LogP contribution >= 0.6 is 11.8 Å². The van der Waals surface area contributed by atoms with Crippen molar-refractivity contribution in [2.24, 2.45) is 5.84 Å². The second-order valence-electron chi connectivity index (χ2n) is 4.82. The van der Waals surface area contributed by atoms with Crippen LogP contribution in [0.1, 0.15) is 25.7 Å². The maximum Gasteiger partial charge on any atom is 0.136 e. The second-order valence-corrected chi connectivity index (χ2v) is 5.88. The lowest BCUT2D eigenvalue weighted by Gasteiger charge is -2.17. The first-order valence-electron chi connectivity index (χ1n) is 6.74. The molecule has 3 nitrogen and oxygen atoms in total. The van der Waals surface area contributed by atoms with Crippen LogP contribution in [0.3, 0.4) is 0 Å². The quantitative estimate of drug-likeness (QED) is 0.459. The van der Waals surface area contributed by atoms with Crippen molar-refractivity contribution in [1.29, 1.82) is 0 Å². The van der Waals surface area contributed by atoms with E-state index in [9.17, 15) is 4.39 Å². The number of benzene rings is 1. The standard InChI is InChI=1S/C14H21FN2OS/c15-13-5-1-2-6-14(13)19-10-11(17-16)7-8-12-4-3-9-18-12/h1-2,5-6,11-12,17H,3-4,7-10,16H2. The van der Waals surface area contributed by atoms with Crippen molar-refractivity contribution in [3.8, 4) is 0 Å². The highest BCUT2D eigenvalue weighted by atomic mass is 32.2. The summed E-state index contributed by atoms with van der Waals surface area (Å²) >= 11 is 1.50. The molecule has 1 aliphatic rings. The zero-order valence-electron chi connectivity index (χ0n) is 11.0. The fraction of sp³-hybridized carbons (Fsp3) is 0.571. The average molecular weight is 284 g/mol. The van der Waals surface area contributed by atoms with Gasteiger partial charge in [0.15, 0.2) is 0 Å². The van der Waals surface area contributed by atoms with Crippen LogP contribution in [0.25, 0.3) is 0 Å². The Hall–Kier alpha value is -0.620. The molecule has 2 unspecified atom stereocenters. The summed E-state index contributed by atoms with van der Waals surface area (Å²) in [6.45, 7) is 0.884. The van der Waals surface area contributed by atoms with E-state index in [-0.39, 0.29) is 11.9 Å². The third-order valence-corrected chi connectivity index (χ3v) is 4.58. The molecule has 0 radical (unpaired) electrons. The summed E-state index contributed by atoms with van der Waals surface area (Å²) < 4.78 is 19.1. The van der Waals surface area contributed by atoms with Crippen molar-refractivity contribution < 1.29 is 9.13 Å². The average Bonchev–Trinajstić information content (AvgIpc) is 2.94. The Balaban J connectivity index is 1.74. The molecule has 0 amide bonds. The van der Waals surface area contributed by atoms with Crippen LogP contribution in [0.5, 0.6) is 0 Å². The van der Waals surface area contributed by atoms with Gasteiger partial charge in [0, 0.05) is 23.3 Å². The molecule has 1 aliphatic heterocycles. The lowest BCUT2D eigenvalue weighted by molar-refractivity contribution is 0.100. The maximum atomic E-state index is 13.5. The van der Waals surface area contributed by atoms with Gasteiger partial charge in [-0.3, -0.25) is 11.3 Å². The molecule has 1 heterocycles. The zero-order valence-corrected chi connectivity index (χ0v) is 11.8. The number of thioether (sulfide) groups is 1. The Kier molecular flexibility index (Phi) is 6.10. The van der Waals surface area contributed by atoms with Gasteiger partial charge in [0.05, 0.1) is 6.10 Å². The number of hydrogen-bond donors (Lipinski definition) is 2. The number of nitrogens with two attached hydrogens (primary N) is 1. The van der Waals surface area contributed by atoms with Crippen LogP contribution in [-0.4, -0.2) is 24.5 Å². The Labute approximate surface area is 118 Å². The molecule has 1 fully saturated rings. The molecule has 0 aliphatic carbocycles. The molecule has 1 aromatic rings. The fourth-order valence-electron chi connectivity index (χ4n) is 2.23. The van der Waals surface area contributed by atoms with E-state index in [4.69, 9.17) is 10.6 Å². The normalized spacial score (nSPS) is 20.6. The molecule has 5 heteroatoms. The molecule has 1 saturated heterocycles. The maximum absolute atomic E-state index is 13.5. The minimum Gasteiger partial charge on any atom is -0.378 e. The first-order valence-corrected chi connectivity index (χ1v) is 7.73. The molecule has 1 aromatic carbocycles. The Morgan fingerprint density at radius 1 is 1.47 bits per heavy atom. The van der Waals surface area contributed by atoms with E-state index in [0.29, 0.717) is 11.0 Å². The van der Waals surface area contributed by atoms with Crippen molar-refractivity contribution in [2.75, 3.05) is 12.4 Å². The van der Waals surface area contributed by atoms with Crippen LogP contribution in [-0.2, 0) is 4.74 Å². The molecule has 0 bridgehead atoms. The summed E-state index contributed by atoms with van der Waals surface area (Å²) in [6, 6.07) is 7.03. The minimum atomic E-state index is -0.164. The summed E-state index contributed by atoms with van der Waals surface area (Å²) in [6.07, 6.45) is 4.68. The molecular formula is C14H21FN2OS. The second kappa shape index (κ2) is 7.85. The van der Waals surface area contributed by atoms with E-state index in [1.54, 1.807) is 12.1 Å². The molecule has 106 valence electrons. The van der Waals surface area contributed by atoms with Gasteiger partial charge in [-0.2, -0.15) is 0 Å². The molecule has 0 spiro atoms. The van der Waals surface area contributed by atoms with Gasteiger partial charge in [-0.1, -0.05) is 12.1 Å². The van der Waals surface area contributed by atoms with Gasteiger partial charge in [-0.15, -0.1) is 11.8 Å². The smallest absolute Gasteiger partial charge is 0.136 e. The van der Waals surface area contributed by atoms with Crippen LogP contribution in [0, 0.1) is 5.82 Å². The summed E-state index contributed by atoms with van der Waals surface area (Å²) in [4.78, 5) is 0.680. The number of hydrogen-bond acceptors (Lipinski definition) is 4. The Morgan fingerprint density at radius 2 is 2.32 bits per heavy atom. The molecular weight excluding hydrogens is 263 g/mol. The van der Waals surface area contributed by atoms with Gasteiger partial charge in [0.25, 0.3) is 0 Å². The first-order chi connectivity index (χ1) is 9.29. The molecule has 0 saturated carbocycles. The van der Waals surface area contributed by atoms with Crippen molar-refractivity contribution in [2.45, 2.75) is 42.7 Å². The lowest BCUT2D eigenvalue weighted by atomic mass is 10.1. The highest BCUT2D eigenvalue weighted by molar-refractivity contribution is 7.99. The number of nitrogens with one attached hydrogen (secondary N) is 1. The van der Waals surface area contributed by atoms with E-state index in [2.05, 4.69) is 5.43 Å². The van der Waals surface area contributed by atoms with Gasteiger partial charge in [0.2, 0.25) is 0 Å². The first kappa shape index (κ1) is 14.8. The third kappa shape index (κ3) is 4.76. The molecule has 19 heavy (non-hydrogen) atoms. The van der Waals surface area contributed by atoms with E-state index >= 15 is 0 Å². The van der Waals surface area contributed by atoms with Gasteiger partial charge < -0.3 is 4.74 Å². The number of hydrazine groups is 1. The lowest BCUT2D eigenvalue weighted by Crippen LogP contribution is -2.37. The van der Waals surface area contributed by atoms with E-state index < -0.39 is 0 Å². The number of ether oxygens (including phenoxy) is 1. The molecule has 2 rings (SSSR count). The number of halogens is 1. The van der Waals surface area contributed by atoms with Crippen LogP contribution in [0.4, 0.5) is 4.39 Å².